The Hall–Kier alpha value is -4.04. The van der Waals surface area contributed by atoms with Gasteiger partial charge in [-0.3, -0.25) is 29.0 Å². The minimum Gasteiger partial charge on any atom is -0.274 e. The van der Waals surface area contributed by atoms with E-state index in [1.165, 1.54) is 36.4 Å². The van der Waals surface area contributed by atoms with E-state index in [2.05, 4.69) is 31.9 Å². The number of halogens is 8. The van der Waals surface area contributed by atoms with Gasteiger partial charge in [-0.1, -0.05) is 24.3 Å². The Morgan fingerprint density at radius 2 is 0.848 bits per heavy atom. The van der Waals surface area contributed by atoms with E-state index in [9.17, 15) is 45.5 Å². The summed E-state index contributed by atoms with van der Waals surface area (Å²) in [5.41, 5.74) is -0.517. The molecule has 0 radical (unpaired) electrons. The molecule has 0 fully saturated rings. The number of imide groups is 2. The summed E-state index contributed by atoms with van der Waals surface area (Å²) >= 11 is 6.70. The molecule has 0 N–H and O–H groups in total. The Morgan fingerprint density at radius 3 is 1.15 bits per heavy atom. The lowest BCUT2D eigenvalue weighted by Gasteiger charge is -2.33. The molecule has 46 heavy (non-hydrogen) atoms. The van der Waals surface area contributed by atoms with Crippen LogP contribution in [0.1, 0.15) is 63.7 Å². The number of benzene rings is 4. The molecule has 0 saturated carbocycles. The molecule has 2 aliphatic heterocycles. The van der Waals surface area contributed by atoms with Crippen molar-refractivity contribution >= 4 is 66.3 Å². The molecule has 0 bridgehead atoms. The van der Waals surface area contributed by atoms with Crippen LogP contribution in [0, 0.1) is 0 Å². The van der Waals surface area contributed by atoms with Crippen molar-refractivity contribution in [3.8, 4) is 0 Å². The molecule has 0 saturated heterocycles. The fourth-order valence-electron chi connectivity index (χ4n) is 5.68. The fourth-order valence-corrected chi connectivity index (χ4v) is 6.87. The Morgan fingerprint density at radius 1 is 0.522 bits per heavy atom. The number of carbonyl (C=O) groups excluding carboxylic acids is 4. The first-order valence-electron chi connectivity index (χ1n) is 13.6. The Bertz CT molecular complexity index is 1830. The highest BCUT2D eigenvalue weighted by Crippen LogP contribution is 2.44. The third-order valence-corrected chi connectivity index (χ3v) is 9.24. The standard InChI is InChI=1S/C32H18Br2F6N2O4/c33-21-14-20-24-23-19(27(43)41(29(45)25(21)23)11-9-15-1-5-17(6-2-15)31(35,36)37)13-22(34)26(24)30(46)42(28(20)44)12-10-16-3-7-18(8-4-16)32(38,39)40/h1-8,13-14H,9-12H2. The van der Waals surface area contributed by atoms with Crippen molar-refractivity contribution < 1.29 is 45.5 Å². The van der Waals surface area contributed by atoms with Crippen LogP contribution < -0.4 is 0 Å². The predicted octanol–water partition coefficient (Wildman–Crippen LogP) is 8.08. The van der Waals surface area contributed by atoms with Crippen LogP contribution >= 0.6 is 31.9 Å². The number of carbonyl (C=O) groups is 4. The summed E-state index contributed by atoms with van der Waals surface area (Å²) < 4.78 is 78.1. The van der Waals surface area contributed by atoms with Crippen LogP contribution in [0.3, 0.4) is 0 Å². The number of alkyl halides is 6. The SMILES string of the molecule is O=C1c2cc(Br)c3c4c(cc(Br)c(c24)C(=O)N1CCc1ccc(C(F)(F)F)cc1)C(=O)N(CCc1ccc(C(F)(F)F)cc1)C3=O. The summed E-state index contributed by atoms with van der Waals surface area (Å²) in [4.78, 5) is 56.6. The van der Waals surface area contributed by atoms with E-state index in [0.29, 0.717) is 11.1 Å². The maximum absolute atomic E-state index is 13.7. The number of amides is 4. The van der Waals surface area contributed by atoms with Gasteiger partial charge in [0.15, 0.2) is 0 Å². The third kappa shape index (κ3) is 5.40. The van der Waals surface area contributed by atoms with Crippen molar-refractivity contribution in [2.45, 2.75) is 25.2 Å². The van der Waals surface area contributed by atoms with Gasteiger partial charge in [0.2, 0.25) is 0 Å². The van der Waals surface area contributed by atoms with Crippen LogP contribution in [0.25, 0.3) is 10.8 Å². The first-order chi connectivity index (χ1) is 21.6. The van der Waals surface area contributed by atoms with E-state index in [0.717, 1.165) is 34.1 Å². The van der Waals surface area contributed by atoms with Gasteiger partial charge in [-0.2, -0.15) is 26.3 Å². The van der Waals surface area contributed by atoms with E-state index in [1.54, 1.807) is 0 Å². The highest BCUT2D eigenvalue weighted by molar-refractivity contribution is 9.10. The van der Waals surface area contributed by atoms with E-state index in [4.69, 9.17) is 0 Å². The molecular weight excluding hydrogens is 750 g/mol. The molecule has 6 rings (SSSR count). The Labute approximate surface area is 273 Å². The molecule has 0 spiro atoms. The van der Waals surface area contributed by atoms with Crippen LogP contribution in [0.5, 0.6) is 0 Å². The minimum atomic E-state index is -4.51. The van der Waals surface area contributed by atoms with Crippen LogP contribution in [0.4, 0.5) is 26.3 Å². The van der Waals surface area contributed by atoms with Crippen molar-refractivity contribution in [1.82, 2.24) is 9.80 Å². The molecule has 236 valence electrons. The predicted molar refractivity (Wildman–Crippen MR) is 160 cm³/mol. The maximum atomic E-state index is 13.7. The lowest BCUT2D eigenvalue weighted by molar-refractivity contribution is -0.138. The number of hydrogen-bond donors (Lipinski definition) is 0. The van der Waals surface area contributed by atoms with Gasteiger partial charge < -0.3 is 0 Å². The van der Waals surface area contributed by atoms with Gasteiger partial charge in [-0.05, 0) is 92.2 Å². The second-order valence-corrected chi connectivity index (χ2v) is 12.4. The molecule has 14 heteroatoms. The van der Waals surface area contributed by atoms with Crippen molar-refractivity contribution in [3.05, 3.63) is 114 Å². The van der Waals surface area contributed by atoms with Gasteiger partial charge >= 0.3 is 12.4 Å². The average Bonchev–Trinajstić information content (AvgIpc) is 2.98. The van der Waals surface area contributed by atoms with Crippen molar-refractivity contribution in [1.29, 1.82) is 0 Å². The molecule has 2 heterocycles. The first-order valence-corrected chi connectivity index (χ1v) is 15.2. The smallest absolute Gasteiger partial charge is 0.274 e. The molecule has 6 nitrogen and oxygen atoms in total. The summed E-state index contributed by atoms with van der Waals surface area (Å²) in [6, 6.07) is 11.5. The summed E-state index contributed by atoms with van der Waals surface area (Å²) in [7, 11) is 0. The van der Waals surface area contributed by atoms with E-state index < -0.39 is 47.1 Å². The van der Waals surface area contributed by atoms with Gasteiger partial charge in [-0.25, -0.2) is 0 Å². The van der Waals surface area contributed by atoms with Crippen LogP contribution in [0.15, 0.2) is 69.6 Å². The molecule has 0 aromatic heterocycles. The van der Waals surface area contributed by atoms with Crippen LogP contribution in [-0.2, 0) is 25.2 Å². The van der Waals surface area contributed by atoms with E-state index in [1.807, 2.05) is 0 Å². The average molecular weight is 768 g/mol. The topological polar surface area (TPSA) is 74.8 Å². The lowest BCUT2D eigenvalue weighted by Crippen LogP contribution is -2.44. The Kier molecular flexibility index (Phi) is 7.87. The second-order valence-electron chi connectivity index (χ2n) is 10.7. The summed E-state index contributed by atoms with van der Waals surface area (Å²) in [5.74, 6) is -2.82. The highest BCUT2D eigenvalue weighted by atomic mass is 79.9. The molecule has 2 aliphatic rings. The number of nitrogens with zero attached hydrogens (tertiary/aromatic N) is 2. The fraction of sp³-hybridized carbons (Fsp3) is 0.188. The van der Waals surface area contributed by atoms with E-state index >= 15 is 0 Å². The van der Waals surface area contributed by atoms with Gasteiger partial charge in [0.1, 0.15) is 0 Å². The monoisotopic (exact) mass is 766 g/mol. The largest absolute Gasteiger partial charge is 0.416 e. The zero-order valence-corrected chi connectivity index (χ0v) is 26.3. The second kappa shape index (κ2) is 11.3. The molecule has 4 aromatic carbocycles. The van der Waals surface area contributed by atoms with Crippen LogP contribution in [0.2, 0.25) is 0 Å². The highest BCUT2D eigenvalue weighted by Gasteiger charge is 2.42. The van der Waals surface area contributed by atoms with Crippen LogP contribution in [-0.4, -0.2) is 46.5 Å². The van der Waals surface area contributed by atoms with Gasteiger partial charge in [0.25, 0.3) is 23.6 Å². The normalized spacial score (nSPS) is 15.0. The molecular formula is C32H18Br2F6N2O4. The summed E-state index contributed by atoms with van der Waals surface area (Å²) in [6.45, 7) is -0.291. The number of hydrogen-bond acceptors (Lipinski definition) is 4. The molecule has 4 aromatic rings. The Balaban J connectivity index is 1.31. The maximum Gasteiger partial charge on any atom is 0.416 e. The van der Waals surface area contributed by atoms with Crippen molar-refractivity contribution in [3.63, 3.8) is 0 Å². The number of rotatable bonds is 6. The third-order valence-electron chi connectivity index (χ3n) is 7.99. The zero-order valence-electron chi connectivity index (χ0n) is 23.2. The molecule has 0 atom stereocenters. The minimum absolute atomic E-state index is 0.0494. The summed E-state index contributed by atoms with van der Waals surface area (Å²) in [5, 5.41) is 0.236. The van der Waals surface area contributed by atoms with E-state index in [-0.39, 0.29) is 67.9 Å². The molecule has 0 unspecified atom stereocenters. The van der Waals surface area contributed by atoms with Crippen molar-refractivity contribution in [2.75, 3.05) is 13.1 Å². The quantitative estimate of drug-likeness (QED) is 0.147. The van der Waals surface area contributed by atoms with Crippen molar-refractivity contribution in [2.24, 2.45) is 0 Å². The first kappa shape index (κ1) is 31.9. The zero-order chi connectivity index (χ0) is 33.3. The van der Waals surface area contributed by atoms with Gasteiger partial charge in [0, 0.05) is 43.9 Å². The summed E-state index contributed by atoms with van der Waals surface area (Å²) in [6.07, 6.45) is -8.86. The van der Waals surface area contributed by atoms with Gasteiger partial charge in [-0.15, -0.1) is 0 Å². The molecule has 4 amide bonds. The lowest BCUT2D eigenvalue weighted by atomic mass is 9.85. The molecule has 0 aliphatic carbocycles. The van der Waals surface area contributed by atoms with Gasteiger partial charge in [0.05, 0.1) is 22.3 Å².